The lowest BCUT2D eigenvalue weighted by molar-refractivity contribution is -0.136. The van der Waals surface area contributed by atoms with Crippen LogP contribution in [0.5, 0.6) is 0 Å². The number of thioether (sulfide) groups is 2. The number of unbranched alkanes of at least 4 members (excludes halogenated alkanes) is 2. The van der Waals surface area contributed by atoms with E-state index in [0.717, 1.165) is 41.3 Å². The number of nitrogens with zero attached hydrogens (tertiary/aromatic N) is 2. The Bertz CT molecular complexity index is 3710. The summed E-state index contributed by atoms with van der Waals surface area (Å²) in [6.07, 6.45) is 9.71. The maximum absolute atomic E-state index is 15.1. The summed E-state index contributed by atoms with van der Waals surface area (Å²) in [4.78, 5) is 174. The molecule has 6 aromatic rings. The molecule has 1 aliphatic rings. The van der Waals surface area contributed by atoms with Crippen molar-refractivity contribution in [1.29, 1.82) is 0 Å². The van der Waals surface area contributed by atoms with Crippen molar-refractivity contribution in [2.75, 3.05) is 18.1 Å². The van der Waals surface area contributed by atoms with Crippen LogP contribution in [-0.2, 0) is 89.9 Å². The molecule has 0 bridgehead atoms. The third kappa shape index (κ3) is 23.8. The molecule has 0 spiro atoms. The van der Waals surface area contributed by atoms with Gasteiger partial charge in [-0.25, -0.2) is 9.97 Å². The first-order valence-corrected chi connectivity index (χ1v) is 36.1. The molecule has 28 nitrogen and oxygen atoms in total. The molecule has 0 fully saturated rings. The quantitative estimate of drug-likeness (QED) is 0.0277. The van der Waals surface area contributed by atoms with E-state index in [-0.39, 0.29) is 43.8 Å². The molecule has 0 radical (unpaired) electrons. The summed E-state index contributed by atoms with van der Waals surface area (Å²) in [7, 11) is 0. The van der Waals surface area contributed by atoms with Gasteiger partial charge in [-0.15, -0.1) is 0 Å². The first-order chi connectivity index (χ1) is 48.0. The molecule has 17 N–H and O–H groups in total. The number of carbonyl (C=O) groups excluding carboxylic acids is 11. The van der Waals surface area contributed by atoms with E-state index in [1.165, 1.54) is 55.5 Å². The summed E-state index contributed by atoms with van der Waals surface area (Å²) in [5.41, 5.74) is 16.2. The molecule has 1 aliphatic heterocycles. The van der Waals surface area contributed by atoms with E-state index in [9.17, 15) is 38.4 Å². The number of amides is 11. The molecule has 100 heavy (non-hydrogen) atoms. The third-order valence-electron chi connectivity index (χ3n) is 17.3. The average molecular weight is 1410 g/mol. The second-order valence-corrected chi connectivity index (χ2v) is 27.6. The lowest BCUT2D eigenvalue weighted by atomic mass is 9.96. The number of benzene rings is 3. The Labute approximate surface area is 590 Å². The number of H-pyrrole nitrogens is 3. The number of imidazole rings is 2. The summed E-state index contributed by atoms with van der Waals surface area (Å²) >= 11 is 2.83. The molecule has 0 aliphatic carbocycles. The van der Waals surface area contributed by atoms with Gasteiger partial charge in [0.25, 0.3) is 0 Å². The van der Waals surface area contributed by atoms with E-state index in [1.54, 1.807) is 43.5 Å². The third-order valence-corrected chi connectivity index (χ3v) is 19.4. The van der Waals surface area contributed by atoms with Gasteiger partial charge in [0.15, 0.2) is 0 Å². The fourth-order valence-electron chi connectivity index (χ4n) is 11.3. The molecule has 7 rings (SSSR count). The number of nitrogens with two attached hydrogens (primary N) is 2. The van der Waals surface area contributed by atoms with Crippen molar-refractivity contribution in [3.05, 3.63) is 144 Å². The summed E-state index contributed by atoms with van der Waals surface area (Å²) < 4.78 is 0. The molecule has 11 atom stereocenters. The summed E-state index contributed by atoms with van der Waals surface area (Å²) in [5, 5.41) is 29.0. The Morgan fingerprint density at radius 1 is 0.610 bits per heavy atom. The monoisotopic (exact) mass is 1410 g/mol. The molecule has 3 aromatic carbocycles. The minimum absolute atomic E-state index is 0.0271. The van der Waals surface area contributed by atoms with Gasteiger partial charge in [0.05, 0.1) is 25.1 Å². The predicted molar refractivity (Wildman–Crippen MR) is 382 cm³/mol. The summed E-state index contributed by atoms with van der Waals surface area (Å²) in [5.74, 6) is -8.26. The van der Waals surface area contributed by atoms with Gasteiger partial charge in [0, 0.05) is 83.8 Å². The van der Waals surface area contributed by atoms with E-state index in [1.807, 2.05) is 69.3 Å². The van der Waals surface area contributed by atoms with Gasteiger partial charge >= 0.3 is 0 Å². The molecule has 3 aromatic heterocycles. The fourth-order valence-corrected chi connectivity index (χ4v) is 13.5. The summed E-state index contributed by atoms with van der Waals surface area (Å²) in [6, 6.07) is 10.9. The number of rotatable bonds is 31. The Hall–Kier alpha value is -9.55. The average Bonchev–Trinajstić information content (AvgIpc) is 1.70. The lowest BCUT2D eigenvalue weighted by Gasteiger charge is -2.29. The molecule has 4 heterocycles. The van der Waals surface area contributed by atoms with Crippen LogP contribution in [0.25, 0.3) is 10.9 Å². The van der Waals surface area contributed by atoms with Crippen LogP contribution in [0.3, 0.4) is 0 Å². The van der Waals surface area contributed by atoms with Crippen molar-refractivity contribution in [3.63, 3.8) is 0 Å². The SMILES string of the molecule is CCCCCN[C@H](C(=O)N[C@@H]1CCSCc2ccccc2CSC[C@H](C(=O)N[C@@H](Cc2ccccc2)C(=O)N[C@@H](Cc2cnc[nH]2)C(=O)NC(C(=O)N[C@@H](Cc2c[nH]c3ccccc23)C(=O)N[C@@H](Cc2cnc[nH]2)C(N)=O)[C@@H](C)CC)NC(=O)[C@H](C)NC(=O)[C@H](CC(N)=O)NC1=O)C(C)C. The highest BCUT2D eigenvalue weighted by molar-refractivity contribution is 7.98. The molecule has 1 unspecified atom stereocenters. The molecule has 30 heteroatoms. The minimum Gasteiger partial charge on any atom is -0.370 e. The Morgan fingerprint density at radius 2 is 1.21 bits per heavy atom. The van der Waals surface area contributed by atoms with Crippen LogP contribution in [-0.4, -0.2) is 168 Å². The highest BCUT2D eigenvalue weighted by Gasteiger charge is 2.38. The highest BCUT2D eigenvalue weighted by Crippen LogP contribution is 2.24. The largest absolute Gasteiger partial charge is 0.370 e. The second kappa shape index (κ2) is 39.3. The maximum Gasteiger partial charge on any atom is 0.244 e. The Morgan fingerprint density at radius 3 is 1.84 bits per heavy atom. The number of aromatic nitrogens is 5. The van der Waals surface area contributed by atoms with E-state index < -0.39 is 138 Å². The first kappa shape index (κ1) is 77.8. The number of nitrogens with one attached hydrogen (secondary N) is 13. The topological polar surface area (TPSA) is 433 Å². The van der Waals surface area contributed by atoms with Crippen LogP contribution in [0, 0.1) is 11.8 Å². The van der Waals surface area contributed by atoms with E-state index in [2.05, 4.69) is 85.0 Å². The molecular weight excluding hydrogens is 1320 g/mol. The number of carbonyl (C=O) groups is 11. The highest BCUT2D eigenvalue weighted by atomic mass is 32.2. The zero-order chi connectivity index (χ0) is 72.3. The minimum atomic E-state index is -1.59. The van der Waals surface area contributed by atoms with Crippen molar-refractivity contribution >= 4 is 99.4 Å². The van der Waals surface area contributed by atoms with Gasteiger partial charge in [-0.3, -0.25) is 52.7 Å². The van der Waals surface area contributed by atoms with Gasteiger partial charge in [-0.05, 0) is 72.2 Å². The van der Waals surface area contributed by atoms with Crippen molar-refractivity contribution in [2.24, 2.45) is 23.3 Å². The number of primary amides is 2. The van der Waals surface area contributed by atoms with Gasteiger partial charge in [0.1, 0.15) is 54.4 Å². The van der Waals surface area contributed by atoms with Crippen LogP contribution in [0.15, 0.2) is 110 Å². The van der Waals surface area contributed by atoms with Gasteiger partial charge in [-0.2, -0.15) is 23.5 Å². The number of hydrogen-bond donors (Lipinski definition) is 15. The van der Waals surface area contributed by atoms with Crippen LogP contribution < -0.4 is 64.6 Å². The molecule has 0 saturated heterocycles. The maximum atomic E-state index is 15.1. The second-order valence-electron chi connectivity index (χ2n) is 25.4. The predicted octanol–water partition coefficient (Wildman–Crippen LogP) is 2.05. The normalized spacial score (nSPS) is 18.6. The van der Waals surface area contributed by atoms with Crippen molar-refractivity contribution in [1.82, 2.24) is 78.1 Å². The van der Waals surface area contributed by atoms with E-state index in [4.69, 9.17) is 11.5 Å². The number of para-hydroxylation sites is 1. The molecule has 538 valence electrons. The van der Waals surface area contributed by atoms with Crippen LogP contribution in [0.4, 0.5) is 0 Å². The molecular formula is C70H95N17O11S2. The Balaban J connectivity index is 1.13. The van der Waals surface area contributed by atoms with Crippen LogP contribution in [0.2, 0.25) is 0 Å². The Kier molecular flexibility index (Phi) is 30.6. The van der Waals surface area contributed by atoms with Gasteiger partial charge in [-0.1, -0.05) is 127 Å². The van der Waals surface area contributed by atoms with Crippen LogP contribution >= 0.6 is 23.5 Å². The fraction of sp³-hybridized carbons (Fsp3) is 0.471. The molecule has 11 amide bonds. The van der Waals surface area contributed by atoms with Crippen molar-refractivity contribution in [3.8, 4) is 0 Å². The van der Waals surface area contributed by atoms with Crippen molar-refractivity contribution in [2.45, 2.75) is 178 Å². The number of hydrogen-bond acceptors (Lipinski definition) is 16. The van der Waals surface area contributed by atoms with E-state index in [0.29, 0.717) is 52.7 Å². The smallest absolute Gasteiger partial charge is 0.244 e. The summed E-state index contributed by atoms with van der Waals surface area (Å²) in [6.45, 7) is 11.3. The zero-order valence-electron chi connectivity index (χ0n) is 57.3. The standard InChI is InChI=1S/C70H95N17O11S2/c1-7-9-17-25-75-59(40(3)4)69(97)80-51-24-26-99-35-44-20-13-14-21-45(44)36-100-37-57(86-62(90)42(6)79-64(92)56(31-58(71)88)84-63(51)91)68(96)82-53(27-43-18-11-10-12-19-43)65(93)83-55(30-48-34-74-39-78-48)67(95)87-60(41(5)8-2)70(98)85-54(28-46-32-76-50-23-16-15-22-49(46)50)66(94)81-52(61(72)89)29-47-33-73-38-77-47/h10-16,18-23,32-34,38-42,51-57,59-60,75-76H,7-9,17,24-31,35-37H2,1-6H3,(H2,71,88)(H2,72,89)(H,73,77)(H,74,78)(H,79,92)(H,80,97)(H,81,94)(H,82,96)(H,83,93)(H,84,91)(H,85,98)(H,86,90)(H,87,95)/t41-,42-,51+,52-,53-,54-,55-,56-,57+,59-,60?/m0/s1. The van der Waals surface area contributed by atoms with E-state index >= 15 is 14.4 Å². The van der Waals surface area contributed by atoms with Gasteiger partial charge < -0.3 is 79.6 Å². The number of aromatic amines is 3. The van der Waals surface area contributed by atoms with Crippen LogP contribution in [0.1, 0.15) is 114 Å². The number of fused-ring (bicyclic) bond motifs is 2. The van der Waals surface area contributed by atoms with Gasteiger partial charge in [0.2, 0.25) is 65.0 Å². The molecule has 0 saturated carbocycles. The van der Waals surface area contributed by atoms with Crippen molar-refractivity contribution < 1.29 is 52.7 Å². The zero-order valence-corrected chi connectivity index (χ0v) is 58.9. The first-order valence-electron chi connectivity index (χ1n) is 33.8. The lowest BCUT2D eigenvalue weighted by Crippen LogP contribution is -2.62.